The standard InChI is InChI=1S/C15H16N2O2/c1-10-8-11(6-7-13(10)16)15(19)17-14-5-3-2-4-12(14)9-18/h2-8,18H,9,16H2,1H3,(H,17,19). The first-order valence-corrected chi connectivity index (χ1v) is 5.98. The van der Waals surface area contributed by atoms with E-state index in [-0.39, 0.29) is 12.5 Å². The number of anilines is 2. The third-order valence-electron chi connectivity index (χ3n) is 2.97. The predicted octanol–water partition coefficient (Wildman–Crippen LogP) is 2.32. The molecule has 4 N–H and O–H groups in total. The molecule has 0 spiro atoms. The first-order chi connectivity index (χ1) is 9.11. The van der Waals surface area contributed by atoms with Crippen LogP contribution < -0.4 is 11.1 Å². The van der Waals surface area contributed by atoms with Crippen LogP contribution >= 0.6 is 0 Å². The predicted molar refractivity (Wildman–Crippen MR) is 75.9 cm³/mol. The topological polar surface area (TPSA) is 75.3 Å². The van der Waals surface area contributed by atoms with E-state index in [4.69, 9.17) is 5.73 Å². The van der Waals surface area contributed by atoms with Crippen molar-refractivity contribution in [1.82, 2.24) is 0 Å². The maximum absolute atomic E-state index is 12.1. The van der Waals surface area contributed by atoms with Crippen LogP contribution in [0.4, 0.5) is 11.4 Å². The van der Waals surface area contributed by atoms with Gasteiger partial charge < -0.3 is 16.2 Å². The lowest BCUT2D eigenvalue weighted by Crippen LogP contribution is -2.13. The summed E-state index contributed by atoms with van der Waals surface area (Å²) in [4.78, 5) is 12.1. The van der Waals surface area contributed by atoms with Crippen molar-refractivity contribution in [2.24, 2.45) is 0 Å². The number of nitrogens with two attached hydrogens (primary N) is 1. The van der Waals surface area contributed by atoms with E-state index in [0.29, 0.717) is 22.5 Å². The molecule has 0 bridgehead atoms. The lowest BCUT2D eigenvalue weighted by molar-refractivity contribution is 0.102. The second-order valence-electron chi connectivity index (χ2n) is 4.34. The second-order valence-corrected chi connectivity index (χ2v) is 4.34. The molecule has 0 heterocycles. The highest BCUT2D eigenvalue weighted by atomic mass is 16.3. The van der Waals surface area contributed by atoms with Crippen molar-refractivity contribution in [2.75, 3.05) is 11.1 Å². The van der Waals surface area contributed by atoms with Gasteiger partial charge in [-0.1, -0.05) is 18.2 Å². The molecule has 0 aliphatic heterocycles. The van der Waals surface area contributed by atoms with E-state index in [0.717, 1.165) is 5.56 Å². The Morgan fingerprint density at radius 1 is 1.26 bits per heavy atom. The minimum Gasteiger partial charge on any atom is -0.399 e. The fourth-order valence-corrected chi connectivity index (χ4v) is 1.79. The number of carbonyl (C=O) groups excluding carboxylic acids is 1. The largest absolute Gasteiger partial charge is 0.399 e. The van der Waals surface area contributed by atoms with Crippen molar-refractivity contribution in [2.45, 2.75) is 13.5 Å². The van der Waals surface area contributed by atoms with Gasteiger partial charge in [0, 0.05) is 22.5 Å². The number of rotatable bonds is 3. The Morgan fingerprint density at radius 3 is 2.68 bits per heavy atom. The molecular formula is C15H16N2O2. The third-order valence-corrected chi connectivity index (χ3v) is 2.97. The molecule has 2 aromatic rings. The number of nitrogen functional groups attached to an aromatic ring is 1. The maximum Gasteiger partial charge on any atom is 0.255 e. The molecule has 1 amide bonds. The van der Waals surface area contributed by atoms with E-state index < -0.39 is 0 Å². The molecule has 19 heavy (non-hydrogen) atoms. The fraction of sp³-hybridized carbons (Fsp3) is 0.133. The third kappa shape index (κ3) is 2.92. The first kappa shape index (κ1) is 13.1. The van der Waals surface area contributed by atoms with Crippen LogP contribution in [0.2, 0.25) is 0 Å². The summed E-state index contributed by atoms with van der Waals surface area (Å²) in [6, 6.07) is 12.3. The molecular weight excluding hydrogens is 240 g/mol. The van der Waals surface area contributed by atoms with Gasteiger partial charge >= 0.3 is 0 Å². The summed E-state index contributed by atoms with van der Waals surface area (Å²) >= 11 is 0. The maximum atomic E-state index is 12.1. The molecule has 0 saturated heterocycles. The molecule has 4 nitrogen and oxygen atoms in total. The molecule has 4 heteroatoms. The molecule has 0 fully saturated rings. The molecule has 0 saturated carbocycles. The Labute approximate surface area is 111 Å². The van der Waals surface area contributed by atoms with Gasteiger partial charge in [-0.2, -0.15) is 0 Å². The molecule has 0 atom stereocenters. The number of amides is 1. The van der Waals surface area contributed by atoms with Gasteiger partial charge in [0.25, 0.3) is 5.91 Å². The number of carbonyl (C=O) groups is 1. The summed E-state index contributed by atoms with van der Waals surface area (Å²) in [6.45, 7) is 1.74. The molecule has 0 aromatic heterocycles. The zero-order valence-electron chi connectivity index (χ0n) is 10.7. The highest BCUT2D eigenvalue weighted by Gasteiger charge is 2.09. The smallest absolute Gasteiger partial charge is 0.255 e. The number of nitrogens with one attached hydrogen (secondary N) is 1. The number of para-hydroxylation sites is 1. The van der Waals surface area contributed by atoms with Crippen molar-refractivity contribution in [3.63, 3.8) is 0 Å². The van der Waals surface area contributed by atoms with Crippen LogP contribution in [0, 0.1) is 6.92 Å². The van der Waals surface area contributed by atoms with Crippen LogP contribution in [0.15, 0.2) is 42.5 Å². The van der Waals surface area contributed by atoms with Crippen molar-refractivity contribution in [3.8, 4) is 0 Å². The van der Waals surface area contributed by atoms with Gasteiger partial charge in [-0.05, 0) is 36.8 Å². The lowest BCUT2D eigenvalue weighted by Gasteiger charge is -2.10. The number of hydrogen-bond donors (Lipinski definition) is 3. The van der Waals surface area contributed by atoms with E-state index in [1.807, 2.05) is 19.1 Å². The molecule has 2 rings (SSSR count). The van der Waals surface area contributed by atoms with Crippen LogP contribution in [0.1, 0.15) is 21.5 Å². The zero-order chi connectivity index (χ0) is 13.8. The monoisotopic (exact) mass is 256 g/mol. The van der Waals surface area contributed by atoms with Crippen molar-refractivity contribution < 1.29 is 9.90 Å². The van der Waals surface area contributed by atoms with E-state index in [1.165, 1.54) is 0 Å². The average Bonchev–Trinajstić information content (AvgIpc) is 2.42. The van der Waals surface area contributed by atoms with Gasteiger partial charge in [-0.3, -0.25) is 4.79 Å². The van der Waals surface area contributed by atoms with Gasteiger partial charge in [-0.15, -0.1) is 0 Å². The summed E-state index contributed by atoms with van der Waals surface area (Å²) in [6.07, 6.45) is 0. The molecule has 0 aliphatic rings. The second kappa shape index (κ2) is 5.54. The zero-order valence-corrected chi connectivity index (χ0v) is 10.7. The normalized spacial score (nSPS) is 10.2. The van der Waals surface area contributed by atoms with Crippen molar-refractivity contribution in [3.05, 3.63) is 59.2 Å². The lowest BCUT2D eigenvalue weighted by atomic mass is 10.1. The van der Waals surface area contributed by atoms with E-state index >= 15 is 0 Å². The molecule has 2 aromatic carbocycles. The number of aliphatic hydroxyl groups is 1. The Balaban J connectivity index is 2.23. The van der Waals surface area contributed by atoms with Crippen molar-refractivity contribution >= 4 is 17.3 Å². The summed E-state index contributed by atoms with van der Waals surface area (Å²) in [7, 11) is 0. The van der Waals surface area contributed by atoms with E-state index in [1.54, 1.807) is 30.3 Å². The average molecular weight is 256 g/mol. The summed E-state index contributed by atoms with van der Waals surface area (Å²) in [5, 5.41) is 12.0. The van der Waals surface area contributed by atoms with Gasteiger partial charge in [0.1, 0.15) is 0 Å². The van der Waals surface area contributed by atoms with Crippen molar-refractivity contribution in [1.29, 1.82) is 0 Å². The van der Waals surface area contributed by atoms with Crippen LogP contribution in [0.25, 0.3) is 0 Å². The summed E-state index contributed by atoms with van der Waals surface area (Å²) in [5.74, 6) is -0.219. The molecule has 98 valence electrons. The highest BCUT2D eigenvalue weighted by molar-refractivity contribution is 6.05. The quantitative estimate of drug-likeness (QED) is 0.738. The molecule has 0 radical (unpaired) electrons. The van der Waals surface area contributed by atoms with E-state index in [9.17, 15) is 9.90 Å². The Kier molecular flexibility index (Phi) is 3.82. The minimum absolute atomic E-state index is 0.114. The van der Waals surface area contributed by atoms with Gasteiger partial charge in [0.15, 0.2) is 0 Å². The number of benzene rings is 2. The van der Waals surface area contributed by atoms with Crippen LogP contribution in [-0.4, -0.2) is 11.0 Å². The highest BCUT2D eigenvalue weighted by Crippen LogP contribution is 2.18. The summed E-state index contributed by atoms with van der Waals surface area (Å²) < 4.78 is 0. The van der Waals surface area contributed by atoms with E-state index in [2.05, 4.69) is 5.32 Å². The van der Waals surface area contributed by atoms with Gasteiger partial charge in [-0.25, -0.2) is 0 Å². The fourth-order valence-electron chi connectivity index (χ4n) is 1.79. The van der Waals surface area contributed by atoms with Crippen LogP contribution in [0.5, 0.6) is 0 Å². The molecule has 0 unspecified atom stereocenters. The minimum atomic E-state index is -0.219. The Hall–Kier alpha value is -2.33. The number of hydrogen-bond acceptors (Lipinski definition) is 3. The first-order valence-electron chi connectivity index (χ1n) is 5.98. The van der Waals surface area contributed by atoms with Crippen LogP contribution in [0.3, 0.4) is 0 Å². The number of aliphatic hydroxyl groups excluding tert-OH is 1. The van der Waals surface area contributed by atoms with Gasteiger partial charge in [0.2, 0.25) is 0 Å². The molecule has 0 aliphatic carbocycles. The Bertz CT molecular complexity index is 609. The summed E-state index contributed by atoms with van der Waals surface area (Å²) in [5.41, 5.74) is 9.09. The van der Waals surface area contributed by atoms with Crippen LogP contribution in [-0.2, 0) is 6.61 Å². The number of aryl methyl sites for hydroxylation is 1. The SMILES string of the molecule is Cc1cc(C(=O)Nc2ccccc2CO)ccc1N. The van der Waals surface area contributed by atoms with Gasteiger partial charge in [0.05, 0.1) is 6.61 Å². The Morgan fingerprint density at radius 2 is 2.00 bits per heavy atom.